The van der Waals surface area contributed by atoms with Gasteiger partial charge >= 0.3 is 0 Å². The van der Waals surface area contributed by atoms with Crippen LogP contribution in [0.1, 0.15) is 76.7 Å². The molecular weight excluding hydrogens is 332 g/mol. The molecule has 6 rings (SSSR count). The summed E-state index contributed by atoms with van der Waals surface area (Å²) in [6.45, 7) is 2.46. The van der Waals surface area contributed by atoms with Crippen LogP contribution in [0.2, 0.25) is 0 Å². The number of hydrogen-bond donors (Lipinski definition) is 2. The van der Waals surface area contributed by atoms with Crippen molar-refractivity contribution in [3.8, 4) is 0 Å². The average Bonchev–Trinajstić information content (AvgIpc) is 2.62. The molecular formula is C24H34N2O. The first-order valence-corrected chi connectivity index (χ1v) is 11.0. The highest BCUT2D eigenvalue weighted by molar-refractivity contribution is 5.84. The first kappa shape index (κ1) is 17.7. The van der Waals surface area contributed by atoms with Gasteiger partial charge in [0.25, 0.3) is 0 Å². The molecule has 1 amide bonds. The van der Waals surface area contributed by atoms with Gasteiger partial charge in [0.05, 0.1) is 5.41 Å². The van der Waals surface area contributed by atoms with Crippen LogP contribution in [0.25, 0.3) is 0 Å². The number of rotatable bonds is 3. The van der Waals surface area contributed by atoms with Crippen LogP contribution in [0.3, 0.4) is 0 Å². The zero-order valence-electron chi connectivity index (χ0n) is 16.7. The highest BCUT2D eigenvalue weighted by atomic mass is 16.2. The van der Waals surface area contributed by atoms with Crippen molar-refractivity contribution in [2.24, 2.45) is 22.5 Å². The van der Waals surface area contributed by atoms with Crippen molar-refractivity contribution in [2.45, 2.75) is 88.6 Å². The van der Waals surface area contributed by atoms with Crippen LogP contribution in [0.5, 0.6) is 0 Å². The Hall–Kier alpha value is -1.35. The summed E-state index contributed by atoms with van der Waals surface area (Å²) in [4.78, 5) is 13.6. The number of benzene rings is 1. The van der Waals surface area contributed by atoms with E-state index in [-0.39, 0.29) is 10.8 Å². The van der Waals surface area contributed by atoms with Gasteiger partial charge in [0.1, 0.15) is 0 Å². The predicted molar refractivity (Wildman–Crippen MR) is 108 cm³/mol. The molecule has 5 fully saturated rings. The van der Waals surface area contributed by atoms with Crippen LogP contribution in [-0.4, -0.2) is 18.0 Å². The van der Waals surface area contributed by atoms with Gasteiger partial charge in [0, 0.05) is 12.1 Å². The second-order valence-electron chi connectivity index (χ2n) is 10.8. The second kappa shape index (κ2) is 6.07. The lowest BCUT2D eigenvalue weighted by atomic mass is 9.38. The molecule has 3 N–H and O–H groups in total. The van der Waals surface area contributed by atoms with E-state index < -0.39 is 0 Å². The van der Waals surface area contributed by atoms with Gasteiger partial charge in [-0.25, -0.2) is 0 Å². The Balaban J connectivity index is 1.43. The van der Waals surface area contributed by atoms with E-state index in [0.717, 1.165) is 44.9 Å². The van der Waals surface area contributed by atoms with E-state index in [1.165, 1.54) is 24.8 Å². The minimum Gasteiger partial charge on any atom is -0.353 e. The van der Waals surface area contributed by atoms with Crippen LogP contribution >= 0.6 is 0 Å². The highest BCUT2D eigenvalue weighted by Crippen LogP contribution is 2.70. The Labute approximate surface area is 163 Å². The van der Waals surface area contributed by atoms with Gasteiger partial charge < -0.3 is 11.1 Å². The summed E-state index contributed by atoms with van der Waals surface area (Å²) in [6, 6.07) is 11.8. The maximum atomic E-state index is 13.6. The summed E-state index contributed by atoms with van der Waals surface area (Å²) in [5.74, 6) is 1.07. The van der Waals surface area contributed by atoms with Crippen LogP contribution in [-0.2, 0) is 10.2 Å². The number of amides is 1. The third-order valence-electron chi connectivity index (χ3n) is 8.32. The molecule has 146 valence electrons. The van der Waals surface area contributed by atoms with Crippen molar-refractivity contribution in [1.29, 1.82) is 0 Å². The molecule has 4 bridgehead atoms. The van der Waals surface area contributed by atoms with Gasteiger partial charge in [-0.2, -0.15) is 0 Å². The van der Waals surface area contributed by atoms with Crippen molar-refractivity contribution in [3.05, 3.63) is 35.9 Å². The van der Waals surface area contributed by atoms with E-state index >= 15 is 0 Å². The molecule has 5 saturated carbocycles. The largest absolute Gasteiger partial charge is 0.353 e. The SMILES string of the molecule is C[C@@]12CC3CC(C(=O)N[C@H]4CC[C@@H](N)CC4)(C1)C[C@](c1ccccc1)(C3)C2. The molecule has 1 aromatic rings. The van der Waals surface area contributed by atoms with Gasteiger partial charge in [-0.05, 0) is 86.5 Å². The lowest BCUT2D eigenvalue weighted by Crippen LogP contribution is -2.62. The number of hydrogen-bond acceptors (Lipinski definition) is 2. The van der Waals surface area contributed by atoms with Crippen LogP contribution < -0.4 is 11.1 Å². The molecule has 0 aromatic heterocycles. The van der Waals surface area contributed by atoms with Gasteiger partial charge in [0.15, 0.2) is 0 Å². The number of carbonyl (C=O) groups excluding carboxylic acids is 1. The topological polar surface area (TPSA) is 55.1 Å². The molecule has 27 heavy (non-hydrogen) atoms. The lowest BCUT2D eigenvalue weighted by molar-refractivity contribution is -0.161. The monoisotopic (exact) mass is 366 g/mol. The standard InChI is InChI=1S/C24H34N2O/c1-22-11-17-12-23(14-22,18-5-3-2-4-6-18)16-24(13-17,15-22)21(27)26-20-9-7-19(25)8-10-20/h2-6,17,19-20H,7-16,25H2,1H3,(H,26,27)/t17?,19-,20+,22-,23-,24?/m0/s1. The van der Waals surface area contributed by atoms with Crippen molar-refractivity contribution >= 4 is 5.91 Å². The molecule has 0 saturated heterocycles. The summed E-state index contributed by atoms with van der Waals surface area (Å²) in [5, 5.41) is 3.49. The van der Waals surface area contributed by atoms with E-state index in [0.29, 0.717) is 29.3 Å². The van der Waals surface area contributed by atoms with E-state index in [4.69, 9.17) is 5.73 Å². The minimum atomic E-state index is -0.149. The third-order valence-corrected chi connectivity index (χ3v) is 8.32. The van der Waals surface area contributed by atoms with Gasteiger partial charge in [-0.3, -0.25) is 4.79 Å². The summed E-state index contributed by atoms with van der Waals surface area (Å²) < 4.78 is 0. The molecule has 3 nitrogen and oxygen atoms in total. The minimum absolute atomic E-state index is 0.149. The fourth-order valence-corrected chi connectivity index (χ4v) is 7.89. The molecule has 2 unspecified atom stereocenters. The van der Waals surface area contributed by atoms with Crippen molar-refractivity contribution in [2.75, 3.05) is 0 Å². The number of carbonyl (C=O) groups is 1. The first-order valence-electron chi connectivity index (χ1n) is 11.0. The second-order valence-corrected chi connectivity index (χ2v) is 10.8. The Morgan fingerprint density at radius 2 is 1.74 bits per heavy atom. The van der Waals surface area contributed by atoms with Crippen LogP contribution in [0.15, 0.2) is 30.3 Å². The van der Waals surface area contributed by atoms with E-state index in [1.54, 1.807) is 0 Å². The zero-order valence-corrected chi connectivity index (χ0v) is 16.7. The smallest absolute Gasteiger partial charge is 0.226 e. The van der Waals surface area contributed by atoms with Gasteiger partial charge in [0.2, 0.25) is 5.91 Å². The van der Waals surface area contributed by atoms with Gasteiger partial charge in [-0.1, -0.05) is 37.3 Å². The van der Waals surface area contributed by atoms with E-state index in [2.05, 4.69) is 42.6 Å². The molecule has 1 aromatic carbocycles. The fourth-order valence-electron chi connectivity index (χ4n) is 7.89. The first-order chi connectivity index (χ1) is 12.9. The summed E-state index contributed by atoms with van der Waals surface area (Å²) in [5.41, 5.74) is 7.92. The Kier molecular flexibility index (Phi) is 3.99. The lowest BCUT2D eigenvalue weighted by Gasteiger charge is -2.65. The zero-order chi connectivity index (χ0) is 18.7. The van der Waals surface area contributed by atoms with Crippen molar-refractivity contribution < 1.29 is 4.79 Å². The molecule has 0 heterocycles. The van der Waals surface area contributed by atoms with Crippen molar-refractivity contribution in [3.63, 3.8) is 0 Å². The van der Waals surface area contributed by atoms with Crippen molar-refractivity contribution in [1.82, 2.24) is 5.32 Å². The quantitative estimate of drug-likeness (QED) is 0.838. The summed E-state index contributed by atoms with van der Waals surface area (Å²) in [6.07, 6.45) is 11.3. The van der Waals surface area contributed by atoms with E-state index in [1.807, 2.05) is 0 Å². The maximum Gasteiger partial charge on any atom is 0.226 e. The molecule has 3 heteroatoms. The van der Waals surface area contributed by atoms with Gasteiger partial charge in [-0.15, -0.1) is 0 Å². The number of nitrogens with two attached hydrogens (primary N) is 1. The molecule has 0 aliphatic heterocycles. The highest BCUT2D eigenvalue weighted by Gasteiger charge is 2.64. The molecule has 4 atom stereocenters. The van der Waals surface area contributed by atoms with E-state index in [9.17, 15) is 4.79 Å². The Bertz CT molecular complexity index is 725. The average molecular weight is 367 g/mol. The Morgan fingerprint density at radius 1 is 1.00 bits per heavy atom. The maximum absolute atomic E-state index is 13.6. The number of nitrogens with one attached hydrogen (secondary N) is 1. The summed E-state index contributed by atoms with van der Waals surface area (Å²) in [7, 11) is 0. The molecule has 5 aliphatic carbocycles. The normalized spacial score (nSPS) is 45.6. The molecule has 0 radical (unpaired) electrons. The summed E-state index contributed by atoms with van der Waals surface area (Å²) >= 11 is 0. The predicted octanol–water partition coefficient (Wildman–Crippen LogP) is 4.30. The molecule has 5 aliphatic rings. The van der Waals surface area contributed by atoms with Crippen LogP contribution in [0.4, 0.5) is 0 Å². The Morgan fingerprint density at radius 3 is 2.44 bits per heavy atom. The van der Waals surface area contributed by atoms with Crippen LogP contribution in [0, 0.1) is 16.7 Å². The third kappa shape index (κ3) is 2.93. The molecule has 0 spiro atoms. The fraction of sp³-hybridized carbons (Fsp3) is 0.708.